The molecule has 1 fully saturated rings. The Kier molecular flexibility index (Phi) is 4.38. The summed E-state index contributed by atoms with van der Waals surface area (Å²) in [5, 5.41) is 11.9. The molecule has 0 saturated heterocycles. The van der Waals surface area contributed by atoms with Crippen molar-refractivity contribution >= 4 is 0 Å². The van der Waals surface area contributed by atoms with Gasteiger partial charge in [0.15, 0.2) is 0 Å². The lowest BCUT2D eigenvalue weighted by molar-refractivity contribution is 0.192. The summed E-state index contributed by atoms with van der Waals surface area (Å²) in [6.45, 7) is 6.88. The first kappa shape index (κ1) is 13.5. The molecule has 1 aliphatic rings. The molecule has 3 unspecified atom stereocenters. The zero-order chi connectivity index (χ0) is 13.1. The summed E-state index contributed by atoms with van der Waals surface area (Å²) in [6.07, 6.45) is 7.17. The van der Waals surface area contributed by atoms with E-state index in [2.05, 4.69) is 36.3 Å². The van der Waals surface area contributed by atoms with E-state index in [0.717, 1.165) is 17.7 Å². The van der Waals surface area contributed by atoms with E-state index in [1.165, 1.54) is 25.7 Å². The van der Waals surface area contributed by atoms with Gasteiger partial charge < -0.3 is 9.88 Å². The Hall–Kier alpha value is -0.900. The number of nitrogens with zero attached hydrogens (tertiary/aromatic N) is 3. The van der Waals surface area contributed by atoms with Crippen LogP contribution in [0.3, 0.4) is 0 Å². The van der Waals surface area contributed by atoms with Gasteiger partial charge in [-0.05, 0) is 31.6 Å². The molecule has 4 nitrogen and oxygen atoms in total. The van der Waals surface area contributed by atoms with Gasteiger partial charge in [0.1, 0.15) is 12.2 Å². The van der Waals surface area contributed by atoms with E-state index >= 15 is 0 Å². The summed E-state index contributed by atoms with van der Waals surface area (Å²) in [4.78, 5) is 0. The molecule has 1 aromatic heterocycles. The van der Waals surface area contributed by atoms with Gasteiger partial charge >= 0.3 is 0 Å². The van der Waals surface area contributed by atoms with Crippen molar-refractivity contribution in [1.29, 1.82) is 0 Å². The van der Waals surface area contributed by atoms with Gasteiger partial charge in [0.25, 0.3) is 0 Å². The first-order valence-corrected chi connectivity index (χ1v) is 7.19. The third kappa shape index (κ3) is 2.91. The van der Waals surface area contributed by atoms with E-state index in [-0.39, 0.29) is 6.04 Å². The minimum absolute atomic E-state index is 0.279. The van der Waals surface area contributed by atoms with E-state index in [1.54, 1.807) is 6.33 Å². The van der Waals surface area contributed by atoms with Gasteiger partial charge in [-0.2, -0.15) is 0 Å². The molecule has 1 N–H and O–H groups in total. The molecule has 0 amide bonds. The second-order valence-electron chi connectivity index (χ2n) is 5.99. The van der Waals surface area contributed by atoms with Gasteiger partial charge in [-0.3, -0.25) is 0 Å². The maximum atomic E-state index is 4.20. The maximum Gasteiger partial charge on any atom is 0.149 e. The van der Waals surface area contributed by atoms with Crippen molar-refractivity contribution in [3.63, 3.8) is 0 Å². The van der Waals surface area contributed by atoms with Crippen molar-refractivity contribution in [2.75, 3.05) is 0 Å². The van der Waals surface area contributed by atoms with E-state index < -0.39 is 0 Å². The van der Waals surface area contributed by atoms with Crippen LogP contribution in [-0.2, 0) is 7.05 Å². The monoisotopic (exact) mass is 250 g/mol. The highest BCUT2D eigenvalue weighted by Gasteiger charge is 2.29. The second kappa shape index (κ2) is 5.83. The van der Waals surface area contributed by atoms with Crippen molar-refractivity contribution in [2.45, 2.75) is 58.5 Å². The molecule has 1 heterocycles. The van der Waals surface area contributed by atoms with Crippen LogP contribution in [0, 0.1) is 11.8 Å². The summed E-state index contributed by atoms with van der Waals surface area (Å²) >= 11 is 0. The minimum atomic E-state index is 0.279. The highest BCUT2D eigenvalue weighted by molar-refractivity contribution is 4.95. The van der Waals surface area contributed by atoms with Gasteiger partial charge in [0, 0.05) is 13.1 Å². The molecule has 1 aromatic rings. The molecule has 0 radical (unpaired) electrons. The predicted molar refractivity (Wildman–Crippen MR) is 73.1 cm³/mol. The third-order valence-electron chi connectivity index (χ3n) is 4.27. The molecule has 4 heteroatoms. The SMILES string of the molecule is CC(NC1CCCCC1C(C)C)c1nncn1C. The average molecular weight is 250 g/mol. The highest BCUT2D eigenvalue weighted by Crippen LogP contribution is 2.31. The molecular weight excluding hydrogens is 224 g/mol. The number of aryl methyl sites for hydroxylation is 1. The Bertz CT molecular complexity index is 372. The van der Waals surface area contributed by atoms with Gasteiger partial charge in [-0.25, -0.2) is 0 Å². The molecule has 0 spiro atoms. The van der Waals surface area contributed by atoms with E-state index in [0.29, 0.717) is 6.04 Å². The van der Waals surface area contributed by atoms with Crippen LogP contribution in [0.4, 0.5) is 0 Å². The van der Waals surface area contributed by atoms with Crippen molar-refractivity contribution in [3.05, 3.63) is 12.2 Å². The molecule has 1 aliphatic carbocycles. The van der Waals surface area contributed by atoms with Crippen LogP contribution in [-0.4, -0.2) is 20.8 Å². The van der Waals surface area contributed by atoms with Crippen LogP contribution in [0.1, 0.15) is 58.3 Å². The normalized spacial score (nSPS) is 26.5. The highest BCUT2D eigenvalue weighted by atomic mass is 15.3. The molecule has 0 aliphatic heterocycles. The number of rotatable bonds is 4. The first-order valence-electron chi connectivity index (χ1n) is 7.19. The Morgan fingerprint density at radius 2 is 2.00 bits per heavy atom. The van der Waals surface area contributed by atoms with Crippen molar-refractivity contribution in [3.8, 4) is 0 Å². The van der Waals surface area contributed by atoms with Crippen LogP contribution in [0.5, 0.6) is 0 Å². The summed E-state index contributed by atoms with van der Waals surface area (Å²) in [7, 11) is 2.01. The zero-order valence-corrected chi connectivity index (χ0v) is 12.1. The molecule has 18 heavy (non-hydrogen) atoms. The Morgan fingerprint density at radius 1 is 1.28 bits per heavy atom. The quantitative estimate of drug-likeness (QED) is 0.893. The smallest absolute Gasteiger partial charge is 0.149 e. The number of aromatic nitrogens is 3. The standard InChI is InChI=1S/C14H26N4/c1-10(2)12-7-5-6-8-13(12)16-11(3)14-17-15-9-18(14)4/h9-13,16H,5-8H2,1-4H3. The van der Waals surface area contributed by atoms with Crippen molar-refractivity contribution in [2.24, 2.45) is 18.9 Å². The second-order valence-corrected chi connectivity index (χ2v) is 5.99. The van der Waals surface area contributed by atoms with Crippen LogP contribution < -0.4 is 5.32 Å². The van der Waals surface area contributed by atoms with Crippen molar-refractivity contribution in [1.82, 2.24) is 20.1 Å². The Morgan fingerprint density at radius 3 is 2.61 bits per heavy atom. The fourth-order valence-electron chi connectivity index (χ4n) is 3.24. The number of hydrogen-bond acceptors (Lipinski definition) is 3. The lowest BCUT2D eigenvalue weighted by atomic mass is 9.77. The summed E-state index contributed by atoms with van der Waals surface area (Å²) in [5.74, 6) is 2.59. The fourth-order valence-corrected chi connectivity index (χ4v) is 3.24. The Balaban J connectivity index is 2.01. The molecule has 1 saturated carbocycles. The summed E-state index contributed by atoms with van der Waals surface area (Å²) in [6, 6.07) is 0.910. The average Bonchev–Trinajstić information content (AvgIpc) is 2.76. The third-order valence-corrected chi connectivity index (χ3v) is 4.27. The van der Waals surface area contributed by atoms with Gasteiger partial charge in [-0.1, -0.05) is 26.7 Å². The van der Waals surface area contributed by atoms with Gasteiger partial charge in [0.05, 0.1) is 6.04 Å². The first-order chi connectivity index (χ1) is 8.59. The fraction of sp³-hybridized carbons (Fsp3) is 0.857. The minimum Gasteiger partial charge on any atom is -0.319 e. The molecule has 2 rings (SSSR count). The Labute approximate surface area is 110 Å². The van der Waals surface area contributed by atoms with Crippen LogP contribution in [0.2, 0.25) is 0 Å². The lowest BCUT2D eigenvalue weighted by Crippen LogP contribution is -2.42. The zero-order valence-electron chi connectivity index (χ0n) is 12.1. The van der Waals surface area contributed by atoms with E-state index in [4.69, 9.17) is 0 Å². The maximum absolute atomic E-state index is 4.20. The predicted octanol–water partition coefficient (Wildman–Crippen LogP) is 2.68. The summed E-state index contributed by atoms with van der Waals surface area (Å²) < 4.78 is 2.00. The van der Waals surface area contributed by atoms with Crippen LogP contribution >= 0.6 is 0 Å². The van der Waals surface area contributed by atoms with Crippen LogP contribution in [0.15, 0.2) is 6.33 Å². The largest absolute Gasteiger partial charge is 0.319 e. The molecule has 0 aromatic carbocycles. The topological polar surface area (TPSA) is 42.7 Å². The molecule has 0 bridgehead atoms. The van der Waals surface area contributed by atoms with Crippen molar-refractivity contribution < 1.29 is 0 Å². The lowest BCUT2D eigenvalue weighted by Gasteiger charge is -2.36. The number of nitrogens with one attached hydrogen (secondary N) is 1. The molecule has 3 atom stereocenters. The van der Waals surface area contributed by atoms with Gasteiger partial charge in [-0.15, -0.1) is 10.2 Å². The van der Waals surface area contributed by atoms with Gasteiger partial charge in [0.2, 0.25) is 0 Å². The van der Waals surface area contributed by atoms with E-state index in [9.17, 15) is 0 Å². The molecular formula is C14H26N4. The van der Waals surface area contributed by atoms with E-state index in [1.807, 2.05) is 11.6 Å². The van der Waals surface area contributed by atoms with Crippen LogP contribution in [0.25, 0.3) is 0 Å². The molecule has 102 valence electrons. The number of hydrogen-bond donors (Lipinski definition) is 1. The summed E-state index contributed by atoms with van der Waals surface area (Å²) in [5.41, 5.74) is 0.